The Bertz CT molecular complexity index is 804. The molecule has 0 bridgehead atoms. The number of halogens is 1. The Morgan fingerprint density at radius 3 is 2.67 bits per heavy atom. The summed E-state index contributed by atoms with van der Waals surface area (Å²) in [4.78, 5) is 20.5. The molecule has 1 amide bonds. The van der Waals surface area contributed by atoms with E-state index in [-0.39, 0.29) is 5.91 Å². The topological polar surface area (TPSA) is 54.9 Å². The van der Waals surface area contributed by atoms with E-state index in [0.717, 1.165) is 16.6 Å². The highest BCUT2D eigenvalue weighted by molar-refractivity contribution is 6.30. The molecule has 0 aliphatic rings. The number of hydrogen-bond donors (Lipinski definition) is 1. The van der Waals surface area contributed by atoms with Crippen LogP contribution in [0.25, 0.3) is 11.0 Å². The molecule has 0 unspecified atom stereocenters. The van der Waals surface area contributed by atoms with Crippen LogP contribution in [-0.4, -0.2) is 15.9 Å². The molecule has 0 saturated heterocycles. The normalized spacial score (nSPS) is 10.5. The molecule has 0 radical (unpaired) electrons. The van der Waals surface area contributed by atoms with Gasteiger partial charge in [-0.05, 0) is 35.9 Å². The van der Waals surface area contributed by atoms with Crippen molar-refractivity contribution < 1.29 is 4.79 Å². The van der Waals surface area contributed by atoms with Crippen LogP contribution < -0.4 is 5.32 Å². The maximum Gasteiger partial charge on any atom is 0.251 e. The first-order valence-electron chi connectivity index (χ1n) is 6.46. The summed E-state index contributed by atoms with van der Waals surface area (Å²) >= 11 is 5.88. The predicted octanol–water partition coefficient (Wildman–Crippen LogP) is 3.21. The minimum absolute atomic E-state index is 0.156. The van der Waals surface area contributed by atoms with Gasteiger partial charge in [-0.2, -0.15) is 0 Å². The lowest BCUT2D eigenvalue weighted by molar-refractivity contribution is 0.0951. The Hall–Kier alpha value is -2.46. The minimum Gasteiger partial charge on any atom is -0.348 e. The summed E-state index contributed by atoms with van der Waals surface area (Å²) in [5, 5.41) is 3.41. The van der Waals surface area contributed by atoms with Crippen LogP contribution in [0, 0.1) is 0 Å². The molecule has 0 atom stereocenters. The van der Waals surface area contributed by atoms with Gasteiger partial charge in [0.2, 0.25) is 0 Å². The monoisotopic (exact) mass is 297 g/mol. The van der Waals surface area contributed by atoms with Crippen molar-refractivity contribution in [2.45, 2.75) is 6.54 Å². The van der Waals surface area contributed by atoms with E-state index in [0.29, 0.717) is 17.1 Å². The zero-order chi connectivity index (χ0) is 14.7. The van der Waals surface area contributed by atoms with E-state index in [1.54, 1.807) is 36.7 Å². The molecule has 2 aromatic carbocycles. The van der Waals surface area contributed by atoms with Crippen molar-refractivity contribution in [3.63, 3.8) is 0 Å². The van der Waals surface area contributed by atoms with Crippen LogP contribution in [0.3, 0.4) is 0 Å². The number of aromatic nitrogens is 2. The molecule has 0 aliphatic heterocycles. The highest BCUT2D eigenvalue weighted by Gasteiger charge is 2.06. The average molecular weight is 298 g/mol. The lowest BCUT2D eigenvalue weighted by atomic mass is 10.1. The first-order chi connectivity index (χ1) is 10.2. The third-order valence-electron chi connectivity index (χ3n) is 3.07. The third kappa shape index (κ3) is 3.17. The van der Waals surface area contributed by atoms with Gasteiger partial charge in [-0.3, -0.25) is 14.8 Å². The quantitative estimate of drug-likeness (QED) is 0.807. The minimum atomic E-state index is -0.156. The van der Waals surface area contributed by atoms with Gasteiger partial charge in [0.15, 0.2) is 0 Å². The van der Waals surface area contributed by atoms with Crippen LogP contribution in [0.5, 0.6) is 0 Å². The van der Waals surface area contributed by atoms with E-state index in [1.807, 2.05) is 18.2 Å². The van der Waals surface area contributed by atoms with Crippen molar-refractivity contribution >= 4 is 28.5 Å². The molecule has 0 fully saturated rings. The molecular weight excluding hydrogens is 286 g/mol. The second-order valence-electron chi connectivity index (χ2n) is 4.57. The first kappa shape index (κ1) is 13.5. The third-order valence-corrected chi connectivity index (χ3v) is 3.31. The largest absolute Gasteiger partial charge is 0.348 e. The zero-order valence-corrected chi connectivity index (χ0v) is 11.8. The first-order valence-corrected chi connectivity index (χ1v) is 6.83. The van der Waals surface area contributed by atoms with Gasteiger partial charge in [0.05, 0.1) is 11.0 Å². The van der Waals surface area contributed by atoms with Crippen molar-refractivity contribution in [2.75, 3.05) is 0 Å². The number of carbonyl (C=O) groups is 1. The van der Waals surface area contributed by atoms with Crippen molar-refractivity contribution in [1.82, 2.24) is 15.3 Å². The van der Waals surface area contributed by atoms with Crippen LogP contribution in [0.15, 0.2) is 54.9 Å². The molecule has 1 aromatic heterocycles. The lowest BCUT2D eigenvalue weighted by Gasteiger charge is -2.06. The highest BCUT2D eigenvalue weighted by Crippen LogP contribution is 2.12. The van der Waals surface area contributed by atoms with Gasteiger partial charge in [0, 0.05) is 29.5 Å². The van der Waals surface area contributed by atoms with Crippen LogP contribution in [0.1, 0.15) is 15.9 Å². The van der Waals surface area contributed by atoms with Crippen molar-refractivity contribution in [2.24, 2.45) is 0 Å². The van der Waals surface area contributed by atoms with Crippen LogP contribution >= 0.6 is 11.6 Å². The van der Waals surface area contributed by atoms with E-state index in [2.05, 4.69) is 15.3 Å². The van der Waals surface area contributed by atoms with Gasteiger partial charge in [0.25, 0.3) is 5.91 Å². The maximum absolute atomic E-state index is 12.0. The standard InChI is InChI=1S/C16H12ClN3O/c17-13-3-1-2-12(9-13)16(21)20-10-11-4-5-14-15(8-11)19-7-6-18-14/h1-9H,10H2,(H,20,21). The average Bonchev–Trinajstić information content (AvgIpc) is 2.52. The summed E-state index contributed by atoms with van der Waals surface area (Å²) in [6.45, 7) is 0.428. The molecule has 0 aliphatic carbocycles. The summed E-state index contributed by atoms with van der Waals surface area (Å²) in [6.07, 6.45) is 3.31. The van der Waals surface area contributed by atoms with Gasteiger partial charge in [-0.15, -0.1) is 0 Å². The molecule has 21 heavy (non-hydrogen) atoms. The Morgan fingerprint density at radius 1 is 1.05 bits per heavy atom. The van der Waals surface area contributed by atoms with E-state index in [4.69, 9.17) is 11.6 Å². The van der Waals surface area contributed by atoms with Crippen molar-refractivity contribution in [1.29, 1.82) is 0 Å². The Kier molecular flexibility index (Phi) is 3.79. The second-order valence-corrected chi connectivity index (χ2v) is 5.01. The number of nitrogens with one attached hydrogen (secondary N) is 1. The van der Waals surface area contributed by atoms with E-state index < -0.39 is 0 Å². The molecule has 104 valence electrons. The fourth-order valence-corrected chi connectivity index (χ4v) is 2.22. The molecule has 0 spiro atoms. The smallest absolute Gasteiger partial charge is 0.251 e. The lowest BCUT2D eigenvalue weighted by Crippen LogP contribution is -2.22. The predicted molar refractivity (Wildman–Crippen MR) is 82.2 cm³/mol. The maximum atomic E-state index is 12.0. The summed E-state index contributed by atoms with van der Waals surface area (Å²) in [5.74, 6) is -0.156. The number of hydrogen-bond acceptors (Lipinski definition) is 3. The summed E-state index contributed by atoms with van der Waals surface area (Å²) < 4.78 is 0. The van der Waals surface area contributed by atoms with Gasteiger partial charge >= 0.3 is 0 Å². The number of amides is 1. The molecule has 3 aromatic rings. The van der Waals surface area contributed by atoms with Gasteiger partial charge in [-0.25, -0.2) is 0 Å². The van der Waals surface area contributed by atoms with E-state index in [1.165, 1.54) is 0 Å². The van der Waals surface area contributed by atoms with Gasteiger partial charge < -0.3 is 5.32 Å². The number of fused-ring (bicyclic) bond motifs is 1. The fourth-order valence-electron chi connectivity index (χ4n) is 2.03. The molecule has 3 rings (SSSR count). The van der Waals surface area contributed by atoms with E-state index >= 15 is 0 Å². The Morgan fingerprint density at radius 2 is 1.86 bits per heavy atom. The number of nitrogens with zero attached hydrogens (tertiary/aromatic N) is 2. The zero-order valence-electron chi connectivity index (χ0n) is 11.1. The van der Waals surface area contributed by atoms with Gasteiger partial charge in [-0.1, -0.05) is 23.7 Å². The fraction of sp³-hybridized carbons (Fsp3) is 0.0625. The summed E-state index contributed by atoms with van der Waals surface area (Å²) in [7, 11) is 0. The highest BCUT2D eigenvalue weighted by atomic mass is 35.5. The van der Waals surface area contributed by atoms with Crippen LogP contribution in [0.4, 0.5) is 0 Å². The van der Waals surface area contributed by atoms with Crippen molar-refractivity contribution in [3.8, 4) is 0 Å². The van der Waals surface area contributed by atoms with Crippen LogP contribution in [0.2, 0.25) is 5.02 Å². The molecule has 1 N–H and O–H groups in total. The summed E-state index contributed by atoms with van der Waals surface area (Å²) in [5.41, 5.74) is 3.16. The molecule has 0 saturated carbocycles. The Labute approximate surface area is 126 Å². The second kappa shape index (κ2) is 5.89. The number of benzene rings is 2. The molecule has 5 heteroatoms. The Balaban J connectivity index is 1.72. The number of rotatable bonds is 3. The van der Waals surface area contributed by atoms with Crippen LogP contribution in [-0.2, 0) is 6.54 Å². The number of carbonyl (C=O) groups excluding carboxylic acids is 1. The molecule has 1 heterocycles. The summed E-state index contributed by atoms with van der Waals surface area (Å²) in [6, 6.07) is 12.6. The molecular formula is C16H12ClN3O. The molecule has 4 nitrogen and oxygen atoms in total. The SMILES string of the molecule is O=C(NCc1ccc2nccnc2c1)c1cccc(Cl)c1. The van der Waals surface area contributed by atoms with E-state index in [9.17, 15) is 4.79 Å². The van der Waals surface area contributed by atoms with Gasteiger partial charge in [0.1, 0.15) is 0 Å². The van der Waals surface area contributed by atoms with Crippen molar-refractivity contribution in [3.05, 3.63) is 71.0 Å².